The van der Waals surface area contributed by atoms with Gasteiger partial charge in [-0.3, -0.25) is 0 Å². The predicted molar refractivity (Wildman–Crippen MR) is 69.7 cm³/mol. The summed E-state index contributed by atoms with van der Waals surface area (Å²) in [6, 6.07) is 4.90. The molecule has 1 aromatic rings. The molecular formula is C14H19ClFN. The second-order valence-electron chi connectivity index (χ2n) is 5.09. The number of hydrogen-bond donors (Lipinski definition) is 1. The van der Waals surface area contributed by atoms with Crippen molar-refractivity contribution in [3.63, 3.8) is 0 Å². The minimum Gasteiger partial charge on any atom is -0.328 e. The van der Waals surface area contributed by atoms with Gasteiger partial charge in [0.2, 0.25) is 0 Å². The maximum Gasteiger partial charge on any atom is 0.123 e. The summed E-state index contributed by atoms with van der Waals surface area (Å²) in [6.07, 6.45) is 6.63. The monoisotopic (exact) mass is 255 g/mol. The lowest BCUT2D eigenvalue weighted by atomic mass is 9.91. The lowest BCUT2D eigenvalue weighted by Gasteiger charge is -2.17. The van der Waals surface area contributed by atoms with Crippen molar-refractivity contribution in [1.82, 2.24) is 0 Å². The van der Waals surface area contributed by atoms with E-state index in [1.54, 1.807) is 12.1 Å². The number of benzene rings is 1. The fourth-order valence-corrected chi connectivity index (χ4v) is 2.89. The summed E-state index contributed by atoms with van der Waals surface area (Å²) < 4.78 is 13.2. The second-order valence-corrected chi connectivity index (χ2v) is 5.49. The first-order valence-corrected chi connectivity index (χ1v) is 6.72. The Hall–Kier alpha value is -0.600. The fraction of sp³-hybridized carbons (Fsp3) is 0.571. The van der Waals surface area contributed by atoms with Gasteiger partial charge in [0.15, 0.2) is 0 Å². The quantitative estimate of drug-likeness (QED) is 0.797. The van der Waals surface area contributed by atoms with Crippen LogP contribution in [0.1, 0.15) is 37.7 Å². The van der Waals surface area contributed by atoms with Crippen LogP contribution in [0.3, 0.4) is 0 Å². The Morgan fingerprint density at radius 3 is 2.88 bits per heavy atom. The molecule has 0 aromatic heterocycles. The van der Waals surface area contributed by atoms with Crippen LogP contribution >= 0.6 is 11.6 Å². The first-order chi connectivity index (χ1) is 8.15. The van der Waals surface area contributed by atoms with Crippen LogP contribution < -0.4 is 5.73 Å². The molecule has 17 heavy (non-hydrogen) atoms. The van der Waals surface area contributed by atoms with Gasteiger partial charge in [0.1, 0.15) is 5.82 Å². The zero-order valence-corrected chi connectivity index (χ0v) is 10.7. The molecule has 94 valence electrons. The molecule has 2 atom stereocenters. The van der Waals surface area contributed by atoms with Crippen molar-refractivity contribution in [2.24, 2.45) is 11.7 Å². The lowest BCUT2D eigenvalue weighted by Crippen LogP contribution is -2.22. The van der Waals surface area contributed by atoms with Gasteiger partial charge < -0.3 is 5.73 Å². The van der Waals surface area contributed by atoms with E-state index in [2.05, 4.69) is 0 Å². The molecule has 0 aliphatic heterocycles. The predicted octanol–water partition coefficient (Wildman–Crippen LogP) is 3.93. The van der Waals surface area contributed by atoms with Gasteiger partial charge in [-0.05, 0) is 48.9 Å². The van der Waals surface area contributed by atoms with Gasteiger partial charge in [0, 0.05) is 11.1 Å². The molecule has 0 saturated heterocycles. The van der Waals surface area contributed by atoms with Crippen LogP contribution in [-0.2, 0) is 6.42 Å². The minimum absolute atomic E-state index is 0.206. The van der Waals surface area contributed by atoms with E-state index in [1.807, 2.05) is 0 Å². The van der Waals surface area contributed by atoms with E-state index in [1.165, 1.54) is 25.3 Å². The third-order valence-electron chi connectivity index (χ3n) is 3.59. The summed E-state index contributed by atoms with van der Waals surface area (Å²) in [4.78, 5) is 0. The van der Waals surface area contributed by atoms with Crippen LogP contribution in [0.15, 0.2) is 18.2 Å². The highest BCUT2D eigenvalue weighted by Gasteiger charge is 2.19. The molecule has 1 fully saturated rings. The summed E-state index contributed by atoms with van der Waals surface area (Å²) >= 11 is 6.09. The van der Waals surface area contributed by atoms with Gasteiger partial charge in [-0.1, -0.05) is 30.9 Å². The van der Waals surface area contributed by atoms with E-state index in [-0.39, 0.29) is 5.82 Å². The van der Waals surface area contributed by atoms with Crippen molar-refractivity contribution in [2.75, 3.05) is 0 Å². The highest BCUT2D eigenvalue weighted by atomic mass is 35.5. The van der Waals surface area contributed by atoms with Crippen molar-refractivity contribution in [3.05, 3.63) is 34.6 Å². The van der Waals surface area contributed by atoms with Crippen molar-refractivity contribution in [1.29, 1.82) is 0 Å². The van der Waals surface area contributed by atoms with Gasteiger partial charge in [-0.2, -0.15) is 0 Å². The highest BCUT2D eigenvalue weighted by Crippen LogP contribution is 2.28. The average Bonchev–Trinajstić information content (AvgIpc) is 2.48. The zero-order valence-electron chi connectivity index (χ0n) is 9.96. The Kier molecular flexibility index (Phi) is 4.41. The Balaban J connectivity index is 2.06. The smallest absolute Gasteiger partial charge is 0.123 e. The van der Waals surface area contributed by atoms with E-state index in [0.717, 1.165) is 24.8 Å². The molecule has 0 heterocycles. The normalized spacial score (nSPS) is 25.6. The fourth-order valence-electron chi connectivity index (χ4n) is 2.70. The molecule has 0 radical (unpaired) electrons. The number of rotatable bonds is 2. The summed E-state index contributed by atoms with van der Waals surface area (Å²) in [6.45, 7) is 0. The van der Waals surface area contributed by atoms with Crippen LogP contribution in [0.5, 0.6) is 0 Å². The largest absolute Gasteiger partial charge is 0.328 e. The van der Waals surface area contributed by atoms with Crippen LogP contribution in [0.2, 0.25) is 5.02 Å². The third kappa shape index (κ3) is 3.68. The van der Waals surface area contributed by atoms with Crippen molar-refractivity contribution in [3.8, 4) is 0 Å². The van der Waals surface area contributed by atoms with Gasteiger partial charge in [0.25, 0.3) is 0 Å². The molecule has 1 saturated carbocycles. The zero-order chi connectivity index (χ0) is 12.3. The summed E-state index contributed by atoms with van der Waals surface area (Å²) in [5, 5.41) is 0.671. The van der Waals surface area contributed by atoms with Crippen molar-refractivity contribution in [2.45, 2.75) is 44.6 Å². The molecule has 0 bridgehead atoms. The minimum atomic E-state index is -0.206. The van der Waals surface area contributed by atoms with E-state index in [9.17, 15) is 4.39 Å². The first kappa shape index (κ1) is 12.8. The van der Waals surface area contributed by atoms with E-state index in [0.29, 0.717) is 17.0 Å². The van der Waals surface area contributed by atoms with Crippen LogP contribution in [0, 0.1) is 11.7 Å². The standard InChI is InChI=1S/C14H19ClFN/c15-14-6-5-12(16)9-11(14)7-10-3-1-2-4-13(17)8-10/h5-6,9-10,13H,1-4,7-8,17H2. The number of nitrogens with two attached hydrogens (primary N) is 1. The molecule has 1 aliphatic carbocycles. The van der Waals surface area contributed by atoms with Crippen molar-refractivity contribution >= 4 is 11.6 Å². The van der Waals surface area contributed by atoms with Gasteiger partial charge >= 0.3 is 0 Å². The van der Waals surface area contributed by atoms with E-state index in [4.69, 9.17) is 17.3 Å². The SMILES string of the molecule is NC1CCCCC(Cc2cc(F)ccc2Cl)C1. The number of hydrogen-bond acceptors (Lipinski definition) is 1. The van der Waals surface area contributed by atoms with Crippen LogP contribution in [0.4, 0.5) is 4.39 Å². The Morgan fingerprint density at radius 1 is 1.29 bits per heavy atom. The molecule has 1 aromatic carbocycles. The van der Waals surface area contributed by atoms with Crippen LogP contribution in [-0.4, -0.2) is 6.04 Å². The number of halogens is 2. The average molecular weight is 256 g/mol. The third-order valence-corrected chi connectivity index (χ3v) is 3.96. The van der Waals surface area contributed by atoms with Gasteiger partial charge in [-0.15, -0.1) is 0 Å². The molecule has 1 nitrogen and oxygen atoms in total. The summed E-state index contributed by atoms with van der Waals surface area (Å²) in [7, 11) is 0. The molecule has 2 rings (SSSR count). The molecule has 0 amide bonds. The molecule has 2 unspecified atom stereocenters. The van der Waals surface area contributed by atoms with Crippen molar-refractivity contribution < 1.29 is 4.39 Å². The van der Waals surface area contributed by atoms with E-state index < -0.39 is 0 Å². The Morgan fingerprint density at radius 2 is 2.06 bits per heavy atom. The van der Waals surface area contributed by atoms with Gasteiger partial charge in [0.05, 0.1) is 0 Å². The van der Waals surface area contributed by atoms with Gasteiger partial charge in [-0.25, -0.2) is 4.39 Å². The molecule has 3 heteroatoms. The maximum absolute atomic E-state index is 13.2. The highest BCUT2D eigenvalue weighted by molar-refractivity contribution is 6.31. The van der Waals surface area contributed by atoms with Crippen LogP contribution in [0.25, 0.3) is 0 Å². The Bertz CT molecular complexity index is 380. The first-order valence-electron chi connectivity index (χ1n) is 6.34. The summed E-state index contributed by atoms with van der Waals surface area (Å²) in [5.41, 5.74) is 6.96. The Labute approximate surface area is 107 Å². The van der Waals surface area contributed by atoms with E-state index >= 15 is 0 Å². The second kappa shape index (κ2) is 5.83. The molecule has 0 spiro atoms. The molecular weight excluding hydrogens is 237 g/mol. The summed E-state index contributed by atoms with van der Waals surface area (Å²) in [5.74, 6) is 0.342. The molecule has 1 aliphatic rings. The molecule has 2 N–H and O–H groups in total. The lowest BCUT2D eigenvalue weighted by molar-refractivity contribution is 0.430. The topological polar surface area (TPSA) is 26.0 Å². The maximum atomic E-state index is 13.2.